The zero-order valence-electron chi connectivity index (χ0n) is 15.7. The molecule has 152 valence electrons. The molecule has 6 nitrogen and oxygen atoms in total. The summed E-state index contributed by atoms with van der Waals surface area (Å²) in [6, 6.07) is 9.99. The van der Waals surface area contributed by atoms with Crippen LogP contribution in [0.3, 0.4) is 0 Å². The fourth-order valence-electron chi connectivity index (χ4n) is 3.40. The van der Waals surface area contributed by atoms with Crippen LogP contribution in [0.25, 0.3) is 0 Å². The van der Waals surface area contributed by atoms with Crippen LogP contribution in [-0.2, 0) is 0 Å². The average Bonchev–Trinajstić information content (AvgIpc) is 2.71. The van der Waals surface area contributed by atoms with Crippen molar-refractivity contribution < 1.29 is 18.4 Å². The number of halogens is 3. The first-order valence-corrected chi connectivity index (χ1v) is 9.25. The minimum Gasteiger partial charge on any atom is -0.364 e. The Morgan fingerprint density at radius 2 is 1.83 bits per heavy atom. The molecular formula is C21H15ClF2N4O2. The van der Waals surface area contributed by atoms with Crippen LogP contribution in [0.2, 0.25) is 5.02 Å². The van der Waals surface area contributed by atoms with Crippen molar-refractivity contribution in [2.45, 2.75) is 6.92 Å². The summed E-state index contributed by atoms with van der Waals surface area (Å²) in [7, 11) is 0. The molecular weight excluding hydrogens is 414 g/mol. The van der Waals surface area contributed by atoms with Gasteiger partial charge in [0, 0.05) is 5.69 Å². The molecule has 30 heavy (non-hydrogen) atoms. The topological polar surface area (TPSA) is 79.5 Å². The molecule has 0 unspecified atom stereocenters. The molecule has 0 fully saturated rings. The van der Waals surface area contributed by atoms with E-state index < -0.39 is 23.4 Å². The van der Waals surface area contributed by atoms with Gasteiger partial charge in [-0.15, -0.1) is 0 Å². The molecule has 0 saturated heterocycles. The summed E-state index contributed by atoms with van der Waals surface area (Å²) in [5, 5.41) is -0.193. The number of carbonyl (C=O) groups is 2. The Morgan fingerprint density at radius 3 is 2.47 bits per heavy atom. The van der Waals surface area contributed by atoms with Gasteiger partial charge in [0.05, 0.1) is 22.6 Å². The van der Waals surface area contributed by atoms with E-state index in [0.717, 1.165) is 0 Å². The van der Waals surface area contributed by atoms with Crippen LogP contribution in [0.15, 0.2) is 48.7 Å². The van der Waals surface area contributed by atoms with Crippen molar-refractivity contribution in [1.29, 1.82) is 0 Å². The van der Waals surface area contributed by atoms with Crippen molar-refractivity contribution in [3.63, 3.8) is 0 Å². The largest absolute Gasteiger partial charge is 0.364 e. The van der Waals surface area contributed by atoms with Gasteiger partial charge in [0.1, 0.15) is 23.7 Å². The van der Waals surface area contributed by atoms with Crippen molar-refractivity contribution in [3.05, 3.63) is 82.1 Å². The first kappa shape index (κ1) is 19.8. The van der Waals surface area contributed by atoms with E-state index in [-0.39, 0.29) is 22.9 Å². The molecule has 2 heterocycles. The monoisotopic (exact) mass is 428 g/mol. The number of benzene rings is 2. The Kier molecular flexibility index (Phi) is 4.87. The van der Waals surface area contributed by atoms with E-state index in [1.807, 2.05) is 0 Å². The van der Waals surface area contributed by atoms with Gasteiger partial charge in [-0.2, -0.15) is 0 Å². The molecule has 1 aromatic heterocycles. The maximum absolute atomic E-state index is 14.9. The summed E-state index contributed by atoms with van der Waals surface area (Å²) in [5.74, 6) is -2.59. The highest BCUT2D eigenvalue weighted by Crippen LogP contribution is 2.39. The van der Waals surface area contributed by atoms with Gasteiger partial charge in [0.15, 0.2) is 5.82 Å². The lowest BCUT2D eigenvalue weighted by Gasteiger charge is -2.38. The van der Waals surface area contributed by atoms with Gasteiger partial charge < -0.3 is 10.6 Å². The maximum atomic E-state index is 14.9. The van der Waals surface area contributed by atoms with E-state index in [0.29, 0.717) is 22.6 Å². The third kappa shape index (κ3) is 3.25. The van der Waals surface area contributed by atoms with Crippen molar-refractivity contribution >= 4 is 40.5 Å². The standard InChI is InChI=1S/C21H15ClF2N4O2/c1-11-8-12(23)2-6-16(11)28-10-27(13-3-5-15(20(25)29)26-9-13)21(30)18-17(28)7-4-14(22)19(18)24/h2-9H,10H2,1H3,(H2,25,29). The number of nitrogens with two attached hydrogens (primary N) is 1. The second-order valence-corrected chi connectivity index (χ2v) is 7.16. The van der Waals surface area contributed by atoms with E-state index in [1.165, 1.54) is 41.4 Å². The predicted octanol–water partition coefficient (Wildman–Crippen LogP) is 4.18. The third-order valence-corrected chi connectivity index (χ3v) is 5.16. The first-order valence-electron chi connectivity index (χ1n) is 8.87. The van der Waals surface area contributed by atoms with Crippen LogP contribution in [0.5, 0.6) is 0 Å². The average molecular weight is 429 g/mol. The number of aromatic nitrogens is 1. The van der Waals surface area contributed by atoms with E-state index in [4.69, 9.17) is 17.3 Å². The lowest BCUT2D eigenvalue weighted by atomic mass is 10.0. The van der Waals surface area contributed by atoms with Gasteiger partial charge in [-0.1, -0.05) is 11.6 Å². The molecule has 0 saturated carbocycles. The van der Waals surface area contributed by atoms with Crippen LogP contribution in [-0.4, -0.2) is 23.5 Å². The summed E-state index contributed by atoms with van der Waals surface area (Å²) < 4.78 is 28.5. The van der Waals surface area contributed by atoms with Crippen LogP contribution >= 0.6 is 11.6 Å². The Balaban J connectivity index is 1.87. The first-order chi connectivity index (χ1) is 14.3. The van der Waals surface area contributed by atoms with E-state index in [1.54, 1.807) is 24.0 Å². The van der Waals surface area contributed by atoms with Crippen molar-refractivity contribution in [1.82, 2.24) is 4.98 Å². The fraction of sp³-hybridized carbons (Fsp3) is 0.0952. The fourth-order valence-corrected chi connectivity index (χ4v) is 3.56. The lowest BCUT2D eigenvalue weighted by molar-refractivity contribution is 0.0977. The van der Waals surface area contributed by atoms with Gasteiger partial charge >= 0.3 is 0 Å². The summed E-state index contributed by atoms with van der Waals surface area (Å²) in [4.78, 5) is 31.4. The summed E-state index contributed by atoms with van der Waals surface area (Å²) >= 11 is 5.93. The molecule has 2 amide bonds. The molecule has 0 bridgehead atoms. The quantitative estimate of drug-likeness (QED) is 0.678. The number of carbonyl (C=O) groups excluding carboxylic acids is 2. The minimum atomic E-state index is -0.852. The normalized spacial score (nSPS) is 13.4. The second-order valence-electron chi connectivity index (χ2n) is 6.75. The molecule has 0 radical (unpaired) electrons. The molecule has 1 aliphatic rings. The molecule has 0 atom stereocenters. The van der Waals surface area contributed by atoms with Crippen LogP contribution in [0, 0.1) is 18.6 Å². The Hall–Kier alpha value is -3.52. The van der Waals surface area contributed by atoms with E-state index in [2.05, 4.69) is 4.98 Å². The summed E-state index contributed by atoms with van der Waals surface area (Å²) in [5.41, 5.74) is 6.88. The lowest BCUT2D eigenvalue weighted by Crippen LogP contribution is -2.45. The molecule has 3 aromatic rings. The van der Waals surface area contributed by atoms with Crippen molar-refractivity contribution in [2.24, 2.45) is 5.73 Å². The van der Waals surface area contributed by atoms with Crippen molar-refractivity contribution in [3.8, 4) is 0 Å². The zero-order chi connectivity index (χ0) is 21.6. The smallest absolute Gasteiger partial charge is 0.267 e. The maximum Gasteiger partial charge on any atom is 0.267 e. The van der Waals surface area contributed by atoms with Gasteiger partial charge in [0.2, 0.25) is 0 Å². The number of nitrogens with zero attached hydrogens (tertiary/aromatic N) is 3. The summed E-state index contributed by atoms with van der Waals surface area (Å²) in [6.45, 7) is 1.73. The molecule has 2 aromatic carbocycles. The van der Waals surface area contributed by atoms with Gasteiger partial charge in [0.25, 0.3) is 11.8 Å². The molecule has 9 heteroatoms. The number of hydrogen-bond acceptors (Lipinski definition) is 4. The predicted molar refractivity (Wildman–Crippen MR) is 109 cm³/mol. The number of hydrogen-bond donors (Lipinski definition) is 1. The molecule has 1 aliphatic heterocycles. The Morgan fingerprint density at radius 1 is 1.10 bits per heavy atom. The third-order valence-electron chi connectivity index (χ3n) is 4.87. The number of primary amides is 1. The molecule has 0 spiro atoms. The second kappa shape index (κ2) is 7.38. The highest BCUT2D eigenvalue weighted by Gasteiger charge is 2.35. The number of anilines is 3. The number of fused-ring (bicyclic) bond motifs is 1. The zero-order valence-corrected chi connectivity index (χ0v) is 16.5. The van der Waals surface area contributed by atoms with Crippen LogP contribution in [0.4, 0.5) is 25.8 Å². The van der Waals surface area contributed by atoms with Gasteiger partial charge in [-0.05, 0) is 55.0 Å². The number of pyridine rings is 1. The highest BCUT2D eigenvalue weighted by molar-refractivity contribution is 6.31. The highest BCUT2D eigenvalue weighted by atomic mass is 35.5. The number of amides is 2. The van der Waals surface area contributed by atoms with Crippen LogP contribution < -0.4 is 15.5 Å². The number of rotatable bonds is 3. The number of aryl methyl sites for hydroxylation is 1. The van der Waals surface area contributed by atoms with Crippen LogP contribution in [0.1, 0.15) is 26.4 Å². The van der Waals surface area contributed by atoms with Crippen molar-refractivity contribution in [2.75, 3.05) is 16.5 Å². The Bertz CT molecular complexity index is 1180. The summed E-state index contributed by atoms with van der Waals surface area (Å²) in [6.07, 6.45) is 1.31. The van der Waals surface area contributed by atoms with Gasteiger partial charge in [-0.25, -0.2) is 13.8 Å². The SMILES string of the molecule is Cc1cc(F)ccc1N1CN(c2ccc(C(N)=O)nc2)C(=O)c2c1ccc(Cl)c2F. The Labute approximate surface area is 175 Å². The molecule has 4 rings (SSSR count). The van der Waals surface area contributed by atoms with E-state index >= 15 is 0 Å². The minimum absolute atomic E-state index is 0.0109. The molecule has 0 aliphatic carbocycles. The van der Waals surface area contributed by atoms with Gasteiger partial charge in [-0.3, -0.25) is 14.5 Å². The molecule has 2 N–H and O–H groups in total. The van der Waals surface area contributed by atoms with E-state index in [9.17, 15) is 18.4 Å².